The van der Waals surface area contributed by atoms with Crippen LogP contribution in [-0.2, 0) is 37.4 Å². The normalized spacial score (nSPS) is 21.2. The number of aliphatic hydroxyl groups is 1. The molecule has 38 heavy (non-hydrogen) atoms. The number of carbonyl (C=O) groups is 1. The van der Waals surface area contributed by atoms with Crippen LogP contribution in [0.25, 0.3) is 11.2 Å². The highest BCUT2D eigenvalue weighted by atomic mass is 31.2. The Kier molecular flexibility index (Phi) is 12.5. The van der Waals surface area contributed by atoms with Gasteiger partial charge in [-0.05, 0) is 20.8 Å². The number of aliphatic hydroxyl groups excluding tert-OH is 1. The first-order chi connectivity index (χ1) is 18.0. The molecular formula is C19H34N7O10P2+. The van der Waals surface area contributed by atoms with Gasteiger partial charge in [0.25, 0.3) is 0 Å². The number of aromatic nitrogens is 4. The smallest absolute Gasteiger partial charge is 0.437 e. The molecule has 2 aromatic heterocycles. The molecule has 2 unspecified atom stereocenters. The number of nitrogens with zero attached hydrogens (tertiary/aromatic N) is 4. The van der Waals surface area contributed by atoms with E-state index in [0.29, 0.717) is 31.0 Å². The van der Waals surface area contributed by atoms with Crippen LogP contribution < -0.4 is 16.6 Å². The van der Waals surface area contributed by atoms with Crippen molar-refractivity contribution in [1.29, 1.82) is 0 Å². The summed E-state index contributed by atoms with van der Waals surface area (Å²) < 4.78 is 49.0. The molecule has 214 valence electrons. The topological polar surface area (TPSA) is 245 Å². The van der Waals surface area contributed by atoms with Crippen LogP contribution in [0, 0.1) is 0 Å². The molecule has 7 N–H and O–H groups in total. The minimum Gasteiger partial charge on any atom is -0.465 e. The first-order valence-corrected chi connectivity index (χ1v) is 14.1. The van der Waals surface area contributed by atoms with Gasteiger partial charge in [-0.15, -0.1) is 0 Å². The monoisotopic (exact) mass is 582 g/mol. The lowest BCUT2D eigenvalue weighted by Gasteiger charge is -2.20. The van der Waals surface area contributed by atoms with Crippen molar-refractivity contribution >= 4 is 39.2 Å². The van der Waals surface area contributed by atoms with Gasteiger partial charge in [-0.3, -0.25) is 23.4 Å². The zero-order valence-corrected chi connectivity index (χ0v) is 23.1. The minimum atomic E-state index is -4.12. The molecule has 1 aliphatic rings. The van der Waals surface area contributed by atoms with E-state index in [2.05, 4.69) is 24.8 Å². The van der Waals surface area contributed by atoms with Gasteiger partial charge in [-0.25, -0.2) is 30.3 Å². The predicted molar refractivity (Wildman–Crippen MR) is 134 cm³/mol. The van der Waals surface area contributed by atoms with Crippen LogP contribution in [0.1, 0.15) is 33.4 Å². The largest absolute Gasteiger partial charge is 0.465 e. The molecule has 1 saturated heterocycles. The van der Waals surface area contributed by atoms with E-state index in [-0.39, 0.29) is 25.4 Å². The van der Waals surface area contributed by atoms with E-state index in [0.717, 1.165) is 0 Å². The molecular weight excluding hydrogens is 548 g/mol. The molecule has 17 nitrogen and oxygen atoms in total. The maximum atomic E-state index is 11.1. The fraction of sp³-hybridized carbons (Fsp3) is 0.684. The zero-order chi connectivity index (χ0) is 28.3. The van der Waals surface area contributed by atoms with E-state index in [1.54, 1.807) is 25.3 Å². The number of hydrogen-bond acceptors (Lipinski definition) is 14. The molecule has 0 spiro atoms. The fourth-order valence-electron chi connectivity index (χ4n) is 3.34. The summed E-state index contributed by atoms with van der Waals surface area (Å²) in [5.74, 6) is -0.198. The first-order valence-electron chi connectivity index (χ1n) is 11.6. The summed E-state index contributed by atoms with van der Waals surface area (Å²) in [6.45, 7) is 5.76. The second-order valence-electron chi connectivity index (χ2n) is 7.62. The Morgan fingerprint density at radius 1 is 1.29 bits per heavy atom. The van der Waals surface area contributed by atoms with Crippen molar-refractivity contribution in [2.45, 2.75) is 51.3 Å². The van der Waals surface area contributed by atoms with Crippen LogP contribution in [0.3, 0.4) is 0 Å². The number of anilines is 1. The van der Waals surface area contributed by atoms with Crippen LogP contribution in [0.15, 0.2) is 12.7 Å². The molecule has 3 rings (SSSR count). The molecule has 5 atom stereocenters. The van der Waals surface area contributed by atoms with Crippen LogP contribution in [0.2, 0.25) is 0 Å². The number of esters is 1. The standard InChI is InChI=1S/C10H15N6O5P.C9H18NO5P/c11-9-8-10(14-3-13-9)16(4-15-8)7-1-5(17)6(21-7)2-20-22(12,18)19;1-4-13-8(11)7-10-9(16-12,14-5-2)15-6-3/h3-7,17H,1-2H2,(H2,11,13,14)(H3,12,18,19);10H,4-7H2,1-3H3/p+1/t5-,6+,7+;/m0./s1. The Bertz CT molecular complexity index is 1100. The molecule has 0 radical (unpaired) electrons. The molecule has 0 saturated carbocycles. The van der Waals surface area contributed by atoms with Crippen molar-refractivity contribution < 1.29 is 47.4 Å². The molecule has 1 fully saturated rings. The minimum absolute atomic E-state index is 0.108. The van der Waals surface area contributed by atoms with Gasteiger partial charge >= 0.3 is 27.8 Å². The van der Waals surface area contributed by atoms with E-state index in [1.807, 2.05) is 0 Å². The van der Waals surface area contributed by atoms with E-state index in [9.17, 15) is 19.0 Å². The number of carbonyl (C=O) groups excluding carboxylic acids is 1. The molecule has 2 aromatic rings. The lowest BCUT2D eigenvalue weighted by molar-refractivity contribution is -0.191. The Morgan fingerprint density at radius 3 is 2.55 bits per heavy atom. The summed E-state index contributed by atoms with van der Waals surface area (Å²) in [4.78, 5) is 32.1. The van der Waals surface area contributed by atoms with Crippen LogP contribution in [0.4, 0.5) is 5.82 Å². The van der Waals surface area contributed by atoms with Gasteiger partial charge in [0.05, 0.1) is 38.9 Å². The lowest BCUT2D eigenvalue weighted by atomic mass is 10.2. The number of nitrogen functional groups attached to an aromatic ring is 1. The quantitative estimate of drug-likeness (QED) is 0.118. The summed E-state index contributed by atoms with van der Waals surface area (Å²) >= 11 is 0. The summed E-state index contributed by atoms with van der Waals surface area (Å²) in [5.41, 5.74) is 10.1. The Labute approximate surface area is 219 Å². The third-order valence-electron chi connectivity index (χ3n) is 4.93. The number of hydrogen-bond donors (Lipinski definition) is 5. The van der Waals surface area contributed by atoms with Crippen molar-refractivity contribution in [3.05, 3.63) is 12.7 Å². The number of imidazole rings is 1. The average molecular weight is 582 g/mol. The van der Waals surface area contributed by atoms with Gasteiger partial charge in [-0.1, -0.05) is 4.57 Å². The average Bonchev–Trinajstić information content (AvgIpc) is 3.46. The number of ether oxygens (including phenoxy) is 4. The molecule has 0 amide bonds. The van der Waals surface area contributed by atoms with Crippen molar-refractivity contribution in [3.63, 3.8) is 0 Å². The highest BCUT2D eigenvalue weighted by molar-refractivity contribution is 7.50. The van der Waals surface area contributed by atoms with Gasteiger partial charge in [-0.2, -0.15) is 0 Å². The van der Waals surface area contributed by atoms with Crippen molar-refractivity contribution in [2.24, 2.45) is 5.50 Å². The predicted octanol–water partition coefficient (Wildman–Crippen LogP) is -0.0200. The summed E-state index contributed by atoms with van der Waals surface area (Å²) in [5, 5.41) is 12.6. The highest BCUT2D eigenvalue weighted by Gasteiger charge is 2.42. The third kappa shape index (κ3) is 9.24. The Morgan fingerprint density at radius 2 is 1.97 bits per heavy atom. The fourth-order valence-corrected chi connectivity index (χ4v) is 4.27. The SMILES string of the molecule is CCOC(=O)CNC(OCC)(OCC)[PH+]=O.Nc1ncnc2c1ncn2[C@H]1C[C@H](O)[C@@H](COP(N)(=O)O)O1. The van der Waals surface area contributed by atoms with Gasteiger partial charge in [0.15, 0.2) is 11.5 Å². The molecule has 19 heteroatoms. The van der Waals surface area contributed by atoms with Crippen LogP contribution >= 0.6 is 16.2 Å². The number of nitrogens with one attached hydrogen (secondary N) is 1. The van der Waals surface area contributed by atoms with E-state index in [4.69, 9.17) is 35.1 Å². The number of nitrogens with two attached hydrogens (primary N) is 2. The molecule has 0 aromatic carbocycles. The Balaban J connectivity index is 0.000000284. The maximum Gasteiger partial charge on any atom is 0.437 e. The molecule has 0 aliphatic carbocycles. The second kappa shape index (κ2) is 14.8. The second-order valence-corrected chi connectivity index (χ2v) is 9.87. The van der Waals surface area contributed by atoms with E-state index >= 15 is 0 Å². The lowest BCUT2D eigenvalue weighted by Crippen LogP contribution is -2.47. The first kappa shape index (κ1) is 32.0. The van der Waals surface area contributed by atoms with E-state index in [1.165, 1.54) is 12.7 Å². The van der Waals surface area contributed by atoms with Crippen LogP contribution in [0.5, 0.6) is 0 Å². The van der Waals surface area contributed by atoms with Gasteiger partial charge in [0.1, 0.15) is 30.7 Å². The molecule has 0 bridgehead atoms. The highest BCUT2D eigenvalue weighted by Crippen LogP contribution is 2.36. The van der Waals surface area contributed by atoms with Gasteiger partial charge in [0, 0.05) is 6.42 Å². The summed E-state index contributed by atoms with van der Waals surface area (Å²) in [6, 6.07) is 0. The summed E-state index contributed by atoms with van der Waals surface area (Å²) in [6.07, 6.45) is 0.802. The van der Waals surface area contributed by atoms with E-state index < -0.39 is 46.3 Å². The maximum absolute atomic E-state index is 11.1. The van der Waals surface area contributed by atoms with Crippen LogP contribution in [-0.4, -0.2) is 86.3 Å². The van der Waals surface area contributed by atoms with Crippen molar-refractivity contribution in [2.75, 3.05) is 38.7 Å². The van der Waals surface area contributed by atoms with Crippen molar-refractivity contribution in [1.82, 2.24) is 24.8 Å². The van der Waals surface area contributed by atoms with Gasteiger partial charge < -0.3 is 25.2 Å². The molecule has 3 heterocycles. The zero-order valence-electron chi connectivity index (χ0n) is 21.2. The Hall–Kier alpha value is -2.17. The van der Waals surface area contributed by atoms with Gasteiger partial charge in [0.2, 0.25) is 0 Å². The third-order valence-corrected chi connectivity index (χ3v) is 6.18. The molecule has 1 aliphatic heterocycles. The number of rotatable bonds is 13. The summed E-state index contributed by atoms with van der Waals surface area (Å²) in [7, 11) is -5.00. The number of fused-ring (bicyclic) bond motifs is 1. The van der Waals surface area contributed by atoms with Crippen molar-refractivity contribution in [3.8, 4) is 0 Å².